The molecule has 0 aliphatic heterocycles. The van der Waals surface area contributed by atoms with Crippen molar-refractivity contribution in [3.63, 3.8) is 0 Å². The first kappa shape index (κ1) is 13.4. The largest absolute Gasteiger partial charge is 0.395 e. The Morgan fingerprint density at radius 2 is 2.16 bits per heavy atom. The van der Waals surface area contributed by atoms with E-state index in [9.17, 15) is 9.18 Å². The lowest BCUT2D eigenvalue weighted by Gasteiger charge is -2.07. The Morgan fingerprint density at radius 3 is 2.68 bits per heavy atom. The second-order valence-corrected chi connectivity index (χ2v) is 4.52. The predicted octanol–water partition coefficient (Wildman–Crippen LogP) is 2.36. The fourth-order valence-electron chi connectivity index (χ4n) is 1.76. The molecule has 0 saturated heterocycles. The number of benzene rings is 1. The number of hydrogen-bond acceptors (Lipinski definition) is 3. The number of nitrogen functional groups attached to an aromatic ring is 1. The zero-order valence-electron chi connectivity index (χ0n) is 10.4. The van der Waals surface area contributed by atoms with E-state index >= 15 is 0 Å². The molecule has 2 rings (SSSR count). The van der Waals surface area contributed by atoms with Crippen molar-refractivity contribution in [3.05, 3.63) is 40.4 Å². The van der Waals surface area contributed by atoms with Crippen LogP contribution >= 0.6 is 11.6 Å². The van der Waals surface area contributed by atoms with E-state index in [0.717, 1.165) is 6.07 Å². The van der Waals surface area contributed by atoms with Gasteiger partial charge in [0.15, 0.2) is 0 Å². The van der Waals surface area contributed by atoms with Gasteiger partial charge in [0.25, 0.3) is 5.91 Å². The summed E-state index contributed by atoms with van der Waals surface area (Å²) in [4.78, 5) is 12.1. The third kappa shape index (κ3) is 2.68. The van der Waals surface area contributed by atoms with Crippen LogP contribution in [0.15, 0.2) is 18.2 Å². The minimum absolute atomic E-state index is 0.199. The summed E-state index contributed by atoms with van der Waals surface area (Å²) >= 11 is 5.71. The highest BCUT2D eigenvalue weighted by atomic mass is 35.5. The van der Waals surface area contributed by atoms with Crippen LogP contribution in [0.2, 0.25) is 5.02 Å². The maximum atomic E-state index is 13.2. The van der Waals surface area contributed by atoms with E-state index in [1.54, 1.807) is 14.0 Å². The summed E-state index contributed by atoms with van der Waals surface area (Å²) < 4.78 is 14.5. The summed E-state index contributed by atoms with van der Waals surface area (Å²) in [5, 5.41) is 6.77. The maximum Gasteiger partial charge on any atom is 0.276 e. The van der Waals surface area contributed by atoms with Crippen LogP contribution in [-0.2, 0) is 7.05 Å². The van der Waals surface area contributed by atoms with Crippen LogP contribution in [0.1, 0.15) is 16.2 Å². The molecule has 3 N–H and O–H groups in total. The van der Waals surface area contributed by atoms with Gasteiger partial charge in [0.2, 0.25) is 0 Å². The standard InChI is InChI=1S/C12H12ClFN4O/c1-6-10(15)11(18(2)17-6)12(19)16-9-4-7(13)3-8(14)5-9/h3-5H,15H2,1-2H3,(H,16,19). The quantitative estimate of drug-likeness (QED) is 0.888. The molecule has 1 heterocycles. The van der Waals surface area contributed by atoms with Crippen molar-refractivity contribution in [2.45, 2.75) is 6.92 Å². The molecule has 0 aliphatic rings. The summed E-state index contributed by atoms with van der Waals surface area (Å²) in [6.45, 7) is 1.70. The second kappa shape index (κ2) is 4.89. The van der Waals surface area contributed by atoms with Crippen LogP contribution in [0, 0.1) is 12.7 Å². The molecule has 0 atom stereocenters. The third-order valence-corrected chi connectivity index (χ3v) is 2.82. The van der Waals surface area contributed by atoms with Gasteiger partial charge >= 0.3 is 0 Å². The van der Waals surface area contributed by atoms with Crippen molar-refractivity contribution >= 4 is 28.9 Å². The Balaban J connectivity index is 2.30. The average Bonchev–Trinajstić information content (AvgIpc) is 2.51. The number of hydrogen-bond donors (Lipinski definition) is 2. The number of nitrogens with zero attached hydrogens (tertiary/aromatic N) is 2. The number of aryl methyl sites for hydroxylation is 2. The third-order valence-electron chi connectivity index (χ3n) is 2.60. The first-order chi connectivity index (χ1) is 8.88. The van der Waals surface area contributed by atoms with Crippen molar-refractivity contribution < 1.29 is 9.18 Å². The van der Waals surface area contributed by atoms with Crippen LogP contribution in [0.3, 0.4) is 0 Å². The number of carbonyl (C=O) groups is 1. The van der Waals surface area contributed by atoms with Gasteiger partial charge in [-0.1, -0.05) is 11.6 Å². The molecule has 0 unspecified atom stereocenters. The number of nitrogens with two attached hydrogens (primary N) is 1. The molecular formula is C12H12ClFN4O. The Labute approximate surface area is 114 Å². The van der Waals surface area contributed by atoms with Gasteiger partial charge in [-0.25, -0.2) is 4.39 Å². The number of nitrogens with one attached hydrogen (secondary N) is 1. The minimum atomic E-state index is -0.531. The van der Waals surface area contributed by atoms with E-state index in [-0.39, 0.29) is 16.4 Å². The molecule has 100 valence electrons. The lowest BCUT2D eigenvalue weighted by atomic mass is 10.2. The summed E-state index contributed by atoms with van der Waals surface area (Å²) in [6, 6.07) is 3.77. The van der Waals surface area contributed by atoms with Crippen LogP contribution in [0.4, 0.5) is 15.8 Å². The highest BCUT2D eigenvalue weighted by Crippen LogP contribution is 2.21. The van der Waals surface area contributed by atoms with Crippen LogP contribution in [-0.4, -0.2) is 15.7 Å². The summed E-state index contributed by atoms with van der Waals surface area (Å²) in [5.41, 5.74) is 7.11. The minimum Gasteiger partial charge on any atom is -0.395 e. The molecule has 0 radical (unpaired) electrons. The molecule has 0 fully saturated rings. The zero-order chi connectivity index (χ0) is 14.2. The molecule has 7 heteroatoms. The van der Waals surface area contributed by atoms with Crippen LogP contribution in [0.25, 0.3) is 0 Å². The van der Waals surface area contributed by atoms with Crippen molar-refractivity contribution in [2.75, 3.05) is 11.1 Å². The van der Waals surface area contributed by atoms with E-state index in [4.69, 9.17) is 17.3 Å². The topological polar surface area (TPSA) is 72.9 Å². The van der Waals surface area contributed by atoms with Gasteiger partial charge in [-0.3, -0.25) is 9.48 Å². The van der Waals surface area contributed by atoms with Gasteiger partial charge in [-0.05, 0) is 25.1 Å². The van der Waals surface area contributed by atoms with Crippen LogP contribution < -0.4 is 11.1 Å². The fraction of sp³-hybridized carbons (Fsp3) is 0.167. The average molecular weight is 283 g/mol. The highest BCUT2D eigenvalue weighted by Gasteiger charge is 2.18. The number of aromatic nitrogens is 2. The first-order valence-corrected chi connectivity index (χ1v) is 5.83. The Bertz CT molecular complexity index is 633. The number of halogens is 2. The summed E-state index contributed by atoms with van der Waals surface area (Å²) in [6.07, 6.45) is 0. The molecule has 0 spiro atoms. The molecule has 5 nitrogen and oxygen atoms in total. The predicted molar refractivity (Wildman–Crippen MR) is 71.7 cm³/mol. The summed E-state index contributed by atoms with van der Waals surface area (Å²) in [5.74, 6) is -1.00. The fourth-order valence-corrected chi connectivity index (χ4v) is 1.98. The van der Waals surface area contributed by atoms with Gasteiger partial charge in [0.1, 0.15) is 11.5 Å². The molecule has 0 saturated carbocycles. The van der Waals surface area contributed by atoms with Crippen LogP contribution in [0.5, 0.6) is 0 Å². The second-order valence-electron chi connectivity index (χ2n) is 4.08. The lowest BCUT2D eigenvalue weighted by Crippen LogP contribution is -2.17. The number of anilines is 2. The molecule has 0 aliphatic carbocycles. The van der Waals surface area contributed by atoms with Crippen molar-refractivity contribution in [1.82, 2.24) is 9.78 Å². The normalized spacial score (nSPS) is 10.5. The zero-order valence-corrected chi connectivity index (χ0v) is 11.1. The number of amides is 1. The van der Waals surface area contributed by atoms with E-state index in [2.05, 4.69) is 10.4 Å². The molecule has 1 aromatic heterocycles. The van der Waals surface area contributed by atoms with Crippen molar-refractivity contribution in [3.8, 4) is 0 Å². The molecule has 1 amide bonds. The molecule has 1 aromatic carbocycles. The Kier molecular flexibility index (Phi) is 3.44. The van der Waals surface area contributed by atoms with Gasteiger partial charge in [0, 0.05) is 17.8 Å². The van der Waals surface area contributed by atoms with Crippen molar-refractivity contribution in [1.29, 1.82) is 0 Å². The van der Waals surface area contributed by atoms with Gasteiger partial charge in [-0.2, -0.15) is 5.10 Å². The Hall–Kier alpha value is -2.08. The van der Waals surface area contributed by atoms with E-state index < -0.39 is 11.7 Å². The van der Waals surface area contributed by atoms with E-state index in [0.29, 0.717) is 11.4 Å². The Morgan fingerprint density at radius 1 is 1.47 bits per heavy atom. The smallest absolute Gasteiger partial charge is 0.276 e. The van der Waals surface area contributed by atoms with Gasteiger partial charge in [-0.15, -0.1) is 0 Å². The van der Waals surface area contributed by atoms with Gasteiger partial charge in [0.05, 0.1) is 11.4 Å². The SMILES string of the molecule is Cc1nn(C)c(C(=O)Nc2cc(F)cc(Cl)c2)c1N. The van der Waals surface area contributed by atoms with E-state index in [1.165, 1.54) is 16.8 Å². The summed E-state index contributed by atoms with van der Waals surface area (Å²) in [7, 11) is 1.61. The van der Waals surface area contributed by atoms with Crippen molar-refractivity contribution in [2.24, 2.45) is 7.05 Å². The molecule has 2 aromatic rings. The molecular weight excluding hydrogens is 271 g/mol. The first-order valence-electron chi connectivity index (χ1n) is 5.45. The number of rotatable bonds is 2. The maximum absolute atomic E-state index is 13.2. The number of carbonyl (C=O) groups excluding carboxylic acids is 1. The highest BCUT2D eigenvalue weighted by molar-refractivity contribution is 6.31. The monoisotopic (exact) mass is 282 g/mol. The molecule has 0 bridgehead atoms. The van der Waals surface area contributed by atoms with Gasteiger partial charge < -0.3 is 11.1 Å². The molecule has 19 heavy (non-hydrogen) atoms. The van der Waals surface area contributed by atoms with E-state index in [1.807, 2.05) is 0 Å². The lowest BCUT2D eigenvalue weighted by molar-refractivity contribution is 0.101.